The van der Waals surface area contributed by atoms with Gasteiger partial charge in [-0.05, 0) is 33.1 Å². The summed E-state index contributed by atoms with van der Waals surface area (Å²) in [5.41, 5.74) is 0. The molecule has 3 atom stereocenters. The lowest BCUT2D eigenvalue weighted by Gasteiger charge is -2.32. The third-order valence-electron chi connectivity index (χ3n) is 3.43. The summed E-state index contributed by atoms with van der Waals surface area (Å²) in [7, 11) is 1.42. The third kappa shape index (κ3) is 6.20. The van der Waals surface area contributed by atoms with Crippen molar-refractivity contribution in [2.24, 2.45) is 0 Å². The Balaban J connectivity index is 2.34. The van der Waals surface area contributed by atoms with Gasteiger partial charge in [0.1, 0.15) is 6.04 Å². The Bertz CT molecular complexity index is 286. The molecule has 0 aliphatic carbocycles. The second-order valence-electron chi connectivity index (χ2n) is 5.91. The average Bonchev–Trinajstić information content (AvgIpc) is 2.35. The molecule has 1 aliphatic heterocycles. The lowest BCUT2D eigenvalue weighted by atomic mass is 10.0. The minimum atomic E-state index is -0.297. The molecule has 0 aromatic carbocycles. The van der Waals surface area contributed by atoms with Gasteiger partial charge in [0, 0.05) is 12.6 Å². The van der Waals surface area contributed by atoms with Crippen molar-refractivity contribution >= 4 is 5.97 Å². The number of ether oxygens (including phenoxy) is 3. The van der Waals surface area contributed by atoms with Gasteiger partial charge in [-0.25, -0.2) is 0 Å². The molecule has 0 bridgehead atoms. The number of hydrogen-bond acceptors (Lipinski definition) is 5. The fourth-order valence-electron chi connectivity index (χ4n) is 2.65. The van der Waals surface area contributed by atoms with Crippen molar-refractivity contribution in [3.63, 3.8) is 0 Å². The van der Waals surface area contributed by atoms with Crippen LogP contribution < -0.4 is 5.32 Å². The molecule has 0 aromatic heterocycles. The standard InChI is InChI=1S/C15H29NO4/c1-10(2)16-14(15(17)18-5)6-7-19-13-8-11(3)20-12(4)9-13/h10-14,16H,6-9H2,1-5H3. The number of carbonyl (C=O) groups is 1. The van der Waals surface area contributed by atoms with Gasteiger partial charge in [0.15, 0.2) is 0 Å². The Morgan fingerprint density at radius 2 is 1.90 bits per heavy atom. The zero-order chi connectivity index (χ0) is 15.1. The zero-order valence-corrected chi connectivity index (χ0v) is 13.3. The van der Waals surface area contributed by atoms with Gasteiger partial charge in [-0.15, -0.1) is 0 Å². The van der Waals surface area contributed by atoms with Crippen LogP contribution in [-0.4, -0.2) is 50.1 Å². The Morgan fingerprint density at radius 3 is 2.40 bits per heavy atom. The number of methoxy groups -OCH3 is 1. The van der Waals surface area contributed by atoms with Gasteiger partial charge >= 0.3 is 5.97 Å². The number of hydrogen-bond donors (Lipinski definition) is 1. The Hall–Kier alpha value is -0.650. The third-order valence-corrected chi connectivity index (χ3v) is 3.43. The van der Waals surface area contributed by atoms with E-state index in [1.807, 2.05) is 13.8 Å². The van der Waals surface area contributed by atoms with Crippen molar-refractivity contribution in [3.8, 4) is 0 Å². The summed E-state index contributed by atoms with van der Waals surface area (Å²) in [5, 5.41) is 3.21. The van der Waals surface area contributed by atoms with Gasteiger partial charge in [-0.3, -0.25) is 4.79 Å². The quantitative estimate of drug-likeness (QED) is 0.725. The van der Waals surface area contributed by atoms with Crippen molar-refractivity contribution < 1.29 is 19.0 Å². The molecular formula is C15H29NO4. The van der Waals surface area contributed by atoms with Crippen molar-refractivity contribution in [2.75, 3.05) is 13.7 Å². The van der Waals surface area contributed by atoms with Crippen LogP contribution in [0.5, 0.6) is 0 Å². The molecule has 1 fully saturated rings. The molecule has 0 amide bonds. The summed E-state index contributed by atoms with van der Waals surface area (Å²) in [6.45, 7) is 8.73. The normalized spacial score (nSPS) is 28.4. The lowest BCUT2D eigenvalue weighted by molar-refractivity contribution is -0.144. The first-order chi connectivity index (χ1) is 9.42. The minimum absolute atomic E-state index is 0.226. The molecule has 1 rings (SSSR count). The highest BCUT2D eigenvalue weighted by atomic mass is 16.5. The van der Waals surface area contributed by atoms with Gasteiger partial charge in [0.05, 0.1) is 25.4 Å². The highest BCUT2D eigenvalue weighted by molar-refractivity contribution is 5.75. The summed E-state index contributed by atoms with van der Waals surface area (Å²) in [5.74, 6) is -0.226. The number of carbonyl (C=O) groups excluding carboxylic acids is 1. The Morgan fingerprint density at radius 1 is 1.30 bits per heavy atom. The van der Waals surface area contributed by atoms with E-state index in [0.29, 0.717) is 13.0 Å². The molecule has 0 radical (unpaired) electrons. The summed E-state index contributed by atoms with van der Waals surface area (Å²) < 4.78 is 16.4. The average molecular weight is 287 g/mol. The largest absolute Gasteiger partial charge is 0.468 e. The molecule has 0 saturated carbocycles. The number of nitrogens with one attached hydrogen (secondary N) is 1. The summed E-state index contributed by atoms with van der Waals surface area (Å²) in [6.07, 6.45) is 3.19. The highest BCUT2D eigenvalue weighted by Crippen LogP contribution is 2.21. The maximum atomic E-state index is 11.7. The molecule has 0 aromatic rings. The molecular weight excluding hydrogens is 258 g/mol. The number of rotatable bonds is 7. The van der Waals surface area contributed by atoms with E-state index in [4.69, 9.17) is 14.2 Å². The Labute approximate surface area is 122 Å². The number of esters is 1. The Kier molecular flexibility index (Phi) is 7.48. The van der Waals surface area contributed by atoms with Crippen LogP contribution >= 0.6 is 0 Å². The van der Waals surface area contributed by atoms with Crippen LogP contribution in [0, 0.1) is 0 Å². The van der Waals surface area contributed by atoms with E-state index >= 15 is 0 Å². The van der Waals surface area contributed by atoms with Crippen LogP contribution in [0.3, 0.4) is 0 Å². The van der Waals surface area contributed by atoms with Gasteiger partial charge in [0.2, 0.25) is 0 Å². The summed E-state index contributed by atoms with van der Waals surface area (Å²) >= 11 is 0. The van der Waals surface area contributed by atoms with E-state index < -0.39 is 0 Å². The van der Waals surface area contributed by atoms with Crippen LogP contribution in [0.25, 0.3) is 0 Å². The topological polar surface area (TPSA) is 56.8 Å². The second kappa shape index (κ2) is 8.60. The first kappa shape index (κ1) is 17.4. The van der Waals surface area contributed by atoms with Gasteiger partial charge < -0.3 is 19.5 Å². The van der Waals surface area contributed by atoms with E-state index in [-0.39, 0.29) is 36.4 Å². The summed E-state index contributed by atoms with van der Waals surface area (Å²) in [6, 6.07) is -0.0584. The molecule has 1 aliphatic rings. The van der Waals surface area contributed by atoms with Crippen LogP contribution in [-0.2, 0) is 19.0 Å². The molecule has 118 valence electrons. The first-order valence-corrected chi connectivity index (χ1v) is 7.53. The summed E-state index contributed by atoms with van der Waals surface area (Å²) in [4.78, 5) is 11.7. The van der Waals surface area contributed by atoms with Gasteiger partial charge in [-0.1, -0.05) is 13.8 Å². The highest BCUT2D eigenvalue weighted by Gasteiger charge is 2.26. The predicted octanol–water partition coefficient (Wildman–Crippen LogP) is 1.89. The molecule has 5 heteroatoms. The fourth-order valence-corrected chi connectivity index (χ4v) is 2.65. The zero-order valence-electron chi connectivity index (χ0n) is 13.3. The van der Waals surface area contributed by atoms with Gasteiger partial charge in [0.25, 0.3) is 0 Å². The first-order valence-electron chi connectivity index (χ1n) is 7.53. The smallest absolute Gasteiger partial charge is 0.322 e. The van der Waals surface area contributed by atoms with Crippen LogP contribution in [0.1, 0.15) is 47.0 Å². The SMILES string of the molecule is COC(=O)C(CCOC1CC(C)OC(C)C1)NC(C)C. The second-order valence-corrected chi connectivity index (χ2v) is 5.91. The van der Waals surface area contributed by atoms with E-state index in [9.17, 15) is 4.79 Å². The monoisotopic (exact) mass is 287 g/mol. The van der Waals surface area contributed by atoms with Crippen molar-refractivity contribution in [2.45, 2.75) is 77.4 Å². The van der Waals surface area contributed by atoms with Crippen LogP contribution in [0.4, 0.5) is 0 Å². The van der Waals surface area contributed by atoms with Gasteiger partial charge in [-0.2, -0.15) is 0 Å². The van der Waals surface area contributed by atoms with E-state index in [1.54, 1.807) is 0 Å². The van der Waals surface area contributed by atoms with Crippen LogP contribution in [0.15, 0.2) is 0 Å². The predicted molar refractivity (Wildman–Crippen MR) is 77.7 cm³/mol. The van der Waals surface area contributed by atoms with E-state index in [2.05, 4.69) is 19.2 Å². The van der Waals surface area contributed by atoms with E-state index in [0.717, 1.165) is 12.8 Å². The van der Waals surface area contributed by atoms with Crippen molar-refractivity contribution in [3.05, 3.63) is 0 Å². The lowest BCUT2D eigenvalue weighted by Crippen LogP contribution is -2.43. The molecule has 1 heterocycles. The minimum Gasteiger partial charge on any atom is -0.468 e. The molecule has 1 saturated heterocycles. The van der Waals surface area contributed by atoms with Crippen LogP contribution in [0.2, 0.25) is 0 Å². The molecule has 5 nitrogen and oxygen atoms in total. The molecule has 20 heavy (non-hydrogen) atoms. The molecule has 3 unspecified atom stereocenters. The van der Waals surface area contributed by atoms with E-state index in [1.165, 1.54) is 7.11 Å². The van der Waals surface area contributed by atoms with Crippen molar-refractivity contribution in [1.82, 2.24) is 5.32 Å². The molecule has 1 N–H and O–H groups in total. The van der Waals surface area contributed by atoms with Crippen molar-refractivity contribution in [1.29, 1.82) is 0 Å². The maximum Gasteiger partial charge on any atom is 0.322 e. The maximum absolute atomic E-state index is 11.7. The fraction of sp³-hybridized carbons (Fsp3) is 0.933. The molecule has 0 spiro atoms.